The van der Waals surface area contributed by atoms with Crippen molar-refractivity contribution in [2.75, 3.05) is 13.1 Å². The molecule has 1 amide bonds. The monoisotopic (exact) mass is 423 g/mol. The van der Waals surface area contributed by atoms with Gasteiger partial charge in [0, 0.05) is 24.7 Å². The number of nitrogens with one attached hydrogen (secondary N) is 1. The van der Waals surface area contributed by atoms with Crippen LogP contribution in [0.25, 0.3) is 0 Å². The number of benzene rings is 1. The maximum absolute atomic E-state index is 13.9. The van der Waals surface area contributed by atoms with Gasteiger partial charge in [0.15, 0.2) is 0 Å². The summed E-state index contributed by atoms with van der Waals surface area (Å²) in [6.45, 7) is 1.59. The summed E-state index contributed by atoms with van der Waals surface area (Å²) >= 11 is 0. The summed E-state index contributed by atoms with van der Waals surface area (Å²) in [6, 6.07) is 3.92. The number of piperidine rings is 1. The molecule has 3 rings (SSSR count). The number of nitrogens with two attached hydrogens (primary N) is 1. The standard InChI is InChI=1S/C19H27F2N3O.2ClH/c20-16-7-4-8-17(21)15(16)13-24-11-5-6-14(12-24)23-18(25)19(22)9-2-1-3-10-19;;/h4,7-8,14H,1-3,5-6,9-13,22H2,(H,23,25);2*1H. The smallest absolute Gasteiger partial charge is 0.240 e. The summed E-state index contributed by atoms with van der Waals surface area (Å²) < 4.78 is 27.7. The quantitative estimate of drug-likeness (QED) is 0.778. The molecular formula is C19H29Cl2F2N3O. The lowest BCUT2D eigenvalue weighted by Gasteiger charge is -2.37. The van der Waals surface area contributed by atoms with E-state index in [-0.39, 0.29) is 48.9 Å². The van der Waals surface area contributed by atoms with Gasteiger partial charge in [0.1, 0.15) is 11.6 Å². The summed E-state index contributed by atoms with van der Waals surface area (Å²) in [5, 5.41) is 3.08. The summed E-state index contributed by atoms with van der Waals surface area (Å²) in [5.74, 6) is -1.11. The van der Waals surface area contributed by atoms with Crippen LogP contribution < -0.4 is 11.1 Å². The third-order valence-corrected chi connectivity index (χ3v) is 5.48. The van der Waals surface area contributed by atoms with E-state index in [1.165, 1.54) is 18.2 Å². The first-order valence-corrected chi connectivity index (χ1v) is 9.23. The predicted octanol–water partition coefficient (Wildman–Crippen LogP) is 3.55. The molecule has 1 aromatic carbocycles. The number of halogens is 4. The molecule has 4 nitrogen and oxygen atoms in total. The van der Waals surface area contributed by atoms with Gasteiger partial charge in [0.2, 0.25) is 5.91 Å². The van der Waals surface area contributed by atoms with E-state index in [0.29, 0.717) is 6.54 Å². The number of carbonyl (C=O) groups is 1. The van der Waals surface area contributed by atoms with Crippen LogP contribution in [0.5, 0.6) is 0 Å². The lowest BCUT2D eigenvalue weighted by molar-refractivity contribution is -0.128. The molecule has 1 atom stereocenters. The Morgan fingerprint density at radius 3 is 2.41 bits per heavy atom. The average Bonchev–Trinajstić information content (AvgIpc) is 2.59. The van der Waals surface area contributed by atoms with E-state index in [4.69, 9.17) is 5.73 Å². The van der Waals surface area contributed by atoms with Crippen molar-refractivity contribution in [2.24, 2.45) is 5.73 Å². The molecule has 8 heteroatoms. The van der Waals surface area contributed by atoms with Crippen molar-refractivity contribution in [2.45, 2.75) is 63.1 Å². The van der Waals surface area contributed by atoms with Crippen molar-refractivity contribution in [3.8, 4) is 0 Å². The molecule has 0 bridgehead atoms. The Balaban J connectivity index is 0.00000182. The fourth-order valence-electron chi connectivity index (χ4n) is 3.96. The van der Waals surface area contributed by atoms with Crippen molar-refractivity contribution < 1.29 is 13.6 Å². The van der Waals surface area contributed by atoms with Crippen LogP contribution >= 0.6 is 24.8 Å². The molecule has 2 fully saturated rings. The van der Waals surface area contributed by atoms with Crippen LogP contribution in [0, 0.1) is 11.6 Å². The summed E-state index contributed by atoms with van der Waals surface area (Å²) in [4.78, 5) is 14.6. The lowest BCUT2D eigenvalue weighted by Crippen LogP contribution is -2.59. The number of amides is 1. The van der Waals surface area contributed by atoms with Gasteiger partial charge in [-0.2, -0.15) is 0 Å². The molecule has 154 valence electrons. The van der Waals surface area contributed by atoms with Gasteiger partial charge in [-0.1, -0.05) is 25.3 Å². The molecule has 1 heterocycles. The van der Waals surface area contributed by atoms with Crippen LogP contribution in [-0.4, -0.2) is 35.5 Å². The Labute approximate surface area is 172 Å². The fourth-order valence-corrected chi connectivity index (χ4v) is 3.96. The Kier molecular flexibility index (Phi) is 9.42. The van der Waals surface area contributed by atoms with Gasteiger partial charge < -0.3 is 11.1 Å². The zero-order valence-electron chi connectivity index (χ0n) is 15.4. The van der Waals surface area contributed by atoms with E-state index in [9.17, 15) is 13.6 Å². The van der Waals surface area contributed by atoms with Gasteiger partial charge in [0.25, 0.3) is 0 Å². The number of rotatable bonds is 4. The van der Waals surface area contributed by atoms with Gasteiger partial charge in [-0.25, -0.2) is 8.78 Å². The molecule has 1 unspecified atom stereocenters. The average molecular weight is 424 g/mol. The molecule has 1 aliphatic carbocycles. The van der Waals surface area contributed by atoms with E-state index in [1.807, 2.05) is 4.90 Å². The molecule has 0 aromatic heterocycles. The van der Waals surface area contributed by atoms with Crippen LogP contribution in [0.15, 0.2) is 18.2 Å². The van der Waals surface area contributed by atoms with Crippen molar-refractivity contribution in [3.63, 3.8) is 0 Å². The number of likely N-dealkylation sites (tertiary alicyclic amines) is 1. The van der Waals surface area contributed by atoms with Crippen molar-refractivity contribution in [1.82, 2.24) is 10.2 Å². The second-order valence-electron chi connectivity index (χ2n) is 7.46. The molecule has 27 heavy (non-hydrogen) atoms. The number of hydrogen-bond donors (Lipinski definition) is 2. The topological polar surface area (TPSA) is 58.4 Å². The van der Waals surface area contributed by atoms with Crippen molar-refractivity contribution in [3.05, 3.63) is 35.4 Å². The maximum atomic E-state index is 13.9. The van der Waals surface area contributed by atoms with Crippen molar-refractivity contribution in [1.29, 1.82) is 0 Å². The zero-order chi connectivity index (χ0) is 17.9. The first-order chi connectivity index (χ1) is 12.0. The summed E-state index contributed by atoms with van der Waals surface area (Å²) in [6.07, 6.45) is 6.35. The van der Waals surface area contributed by atoms with E-state index in [2.05, 4.69) is 5.32 Å². The van der Waals surface area contributed by atoms with Crippen LogP contribution in [-0.2, 0) is 11.3 Å². The Morgan fingerprint density at radius 1 is 1.15 bits per heavy atom. The number of nitrogens with zero attached hydrogens (tertiary/aromatic N) is 1. The van der Waals surface area contributed by atoms with Gasteiger partial charge in [-0.05, 0) is 44.4 Å². The fraction of sp³-hybridized carbons (Fsp3) is 0.632. The Hall–Kier alpha value is -0.950. The van der Waals surface area contributed by atoms with E-state index >= 15 is 0 Å². The predicted molar refractivity (Wildman–Crippen MR) is 107 cm³/mol. The highest BCUT2D eigenvalue weighted by Gasteiger charge is 2.36. The normalized spacial score (nSPS) is 22.3. The molecule has 1 saturated heterocycles. The van der Waals surface area contributed by atoms with E-state index in [0.717, 1.165) is 51.5 Å². The zero-order valence-corrected chi connectivity index (χ0v) is 17.0. The van der Waals surface area contributed by atoms with Crippen LogP contribution in [0.4, 0.5) is 8.78 Å². The highest BCUT2D eigenvalue weighted by molar-refractivity contribution is 5.86. The van der Waals surface area contributed by atoms with Gasteiger partial charge in [0.05, 0.1) is 5.54 Å². The van der Waals surface area contributed by atoms with Crippen molar-refractivity contribution >= 4 is 30.7 Å². The van der Waals surface area contributed by atoms with Gasteiger partial charge >= 0.3 is 0 Å². The molecule has 1 saturated carbocycles. The molecule has 2 aliphatic rings. The molecule has 1 aliphatic heterocycles. The Bertz CT molecular complexity index is 607. The molecule has 3 N–H and O–H groups in total. The second-order valence-corrected chi connectivity index (χ2v) is 7.46. The van der Waals surface area contributed by atoms with Crippen LogP contribution in [0.3, 0.4) is 0 Å². The van der Waals surface area contributed by atoms with Gasteiger partial charge in [-0.15, -0.1) is 24.8 Å². The van der Waals surface area contributed by atoms with E-state index < -0.39 is 17.2 Å². The second kappa shape index (κ2) is 10.6. The third-order valence-electron chi connectivity index (χ3n) is 5.48. The van der Waals surface area contributed by atoms with Crippen LogP contribution in [0.2, 0.25) is 0 Å². The largest absolute Gasteiger partial charge is 0.350 e. The third kappa shape index (κ3) is 6.01. The first-order valence-electron chi connectivity index (χ1n) is 9.23. The first kappa shape index (κ1) is 24.1. The van der Waals surface area contributed by atoms with Gasteiger partial charge in [-0.3, -0.25) is 9.69 Å². The number of carbonyl (C=O) groups excluding carboxylic acids is 1. The van der Waals surface area contributed by atoms with E-state index in [1.54, 1.807) is 0 Å². The molecule has 1 aromatic rings. The molecule has 0 radical (unpaired) electrons. The summed E-state index contributed by atoms with van der Waals surface area (Å²) in [5.41, 5.74) is 5.64. The van der Waals surface area contributed by atoms with Crippen LogP contribution in [0.1, 0.15) is 50.5 Å². The minimum atomic E-state index is -0.752. The minimum absolute atomic E-state index is 0. The summed E-state index contributed by atoms with van der Waals surface area (Å²) in [7, 11) is 0. The highest BCUT2D eigenvalue weighted by Crippen LogP contribution is 2.26. The minimum Gasteiger partial charge on any atom is -0.350 e. The Morgan fingerprint density at radius 2 is 1.78 bits per heavy atom. The molecular weight excluding hydrogens is 395 g/mol. The maximum Gasteiger partial charge on any atom is 0.240 e. The molecule has 0 spiro atoms. The highest BCUT2D eigenvalue weighted by atomic mass is 35.5. The SMILES string of the molecule is Cl.Cl.NC1(C(=O)NC2CCCN(Cc3c(F)cccc3F)C2)CCCCC1. The number of hydrogen-bond acceptors (Lipinski definition) is 3. The lowest BCUT2D eigenvalue weighted by atomic mass is 9.81.